The Morgan fingerprint density at radius 1 is 0.542 bits per heavy atom. The number of carbonyl (C=O) groups is 2. The van der Waals surface area contributed by atoms with Gasteiger partial charge in [-0.2, -0.15) is 0 Å². The zero-order valence-electron chi connectivity index (χ0n) is 34.1. The molecule has 2 aliphatic heterocycles. The molecular formula is C48H53N9O2. The Kier molecular flexibility index (Phi) is 12.4. The van der Waals surface area contributed by atoms with Gasteiger partial charge >= 0.3 is 0 Å². The topological polar surface area (TPSA) is 108 Å². The second-order valence-corrected chi connectivity index (χ2v) is 15.3. The van der Waals surface area contributed by atoms with Crippen molar-refractivity contribution in [2.24, 2.45) is 0 Å². The van der Waals surface area contributed by atoms with Crippen molar-refractivity contribution >= 4 is 39.6 Å². The quantitative estimate of drug-likeness (QED) is 0.148. The van der Waals surface area contributed by atoms with Gasteiger partial charge in [0.1, 0.15) is 0 Å². The van der Waals surface area contributed by atoms with Crippen LogP contribution >= 0.6 is 0 Å². The summed E-state index contributed by atoms with van der Waals surface area (Å²) >= 11 is 0. The first-order chi connectivity index (χ1) is 28.9. The lowest BCUT2D eigenvalue weighted by molar-refractivity contribution is 0.0622. The van der Waals surface area contributed by atoms with Gasteiger partial charge in [-0.05, 0) is 84.6 Å². The van der Waals surface area contributed by atoms with Crippen LogP contribution in [0.15, 0.2) is 128 Å². The van der Waals surface area contributed by atoms with Crippen molar-refractivity contribution in [3.05, 3.63) is 150 Å². The second-order valence-electron chi connectivity index (χ2n) is 15.3. The number of rotatable bonds is 10. The van der Waals surface area contributed by atoms with Crippen LogP contribution in [0.5, 0.6) is 0 Å². The number of hydrogen-bond donors (Lipinski definition) is 2. The molecule has 2 aliphatic rings. The highest BCUT2D eigenvalue weighted by molar-refractivity contribution is 5.98. The van der Waals surface area contributed by atoms with Crippen LogP contribution in [-0.2, 0) is 13.1 Å². The van der Waals surface area contributed by atoms with Gasteiger partial charge in [-0.1, -0.05) is 66.7 Å². The van der Waals surface area contributed by atoms with E-state index in [9.17, 15) is 9.59 Å². The number of aromatic amines is 2. The van der Waals surface area contributed by atoms with Crippen molar-refractivity contribution < 1.29 is 9.59 Å². The molecule has 2 aromatic heterocycles. The Labute approximate surface area is 346 Å². The number of nitrogens with zero attached hydrogens (tertiary/aromatic N) is 7. The molecule has 0 atom stereocenters. The molecule has 0 unspecified atom stereocenters. The summed E-state index contributed by atoms with van der Waals surface area (Å²) in [4.78, 5) is 51.5. The number of nitrogens with one attached hydrogen (secondary N) is 2. The third-order valence-electron chi connectivity index (χ3n) is 11.6. The summed E-state index contributed by atoms with van der Waals surface area (Å²) in [5.74, 6) is 0.185. The first-order valence-corrected chi connectivity index (χ1v) is 20.8. The number of amides is 2. The summed E-state index contributed by atoms with van der Waals surface area (Å²) in [6, 6.07) is 39.5. The maximum atomic E-state index is 12.9. The molecule has 2 N–H and O–H groups in total. The molecule has 5 aromatic carbocycles. The average molecular weight is 788 g/mol. The van der Waals surface area contributed by atoms with Gasteiger partial charge in [-0.15, -0.1) is 0 Å². The molecule has 0 bridgehead atoms. The number of aromatic nitrogens is 4. The van der Waals surface area contributed by atoms with E-state index in [2.05, 4.69) is 121 Å². The second kappa shape index (κ2) is 18.5. The van der Waals surface area contributed by atoms with E-state index in [0.717, 1.165) is 101 Å². The van der Waals surface area contributed by atoms with Crippen molar-refractivity contribution in [2.45, 2.75) is 26.9 Å². The minimum atomic E-state index is 0.0896. The number of anilines is 1. The lowest BCUT2D eigenvalue weighted by Crippen LogP contribution is -2.48. The molecule has 302 valence electrons. The minimum Gasteiger partial charge on any atom is -0.372 e. The highest BCUT2D eigenvalue weighted by atomic mass is 16.2. The zero-order valence-corrected chi connectivity index (χ0v) is 34.1. The summed E-state index contributed by atoms with van der Waals surface area (Å²) in [7, 11) is 0. The fourth-order valence-corrected chi connectivity index (χ4v) is 8.06. The molecule has 4 heterocycles. The van der Waals surface area contributed by atoms with Gasteiger partial charge in [0.25, 0.3) is 11.8 Å². The number of piperazine rings is 2. The van der Waals surface area contributed by atoms with E-state index in [1.807, 2.05) is 52.3 Å². The molecule has 11 heteroatoms. The number of carbonyl (C=O) groups excluding carboxylic acids is 2. The van der Waals surface area contributed by atoms with E-state index < -0.39 is 0 Å². The van der Waals surface area contributed by atoms with E-state index in [-0.39, 0.29) is 11.8 Å². The molecule has 9 rings (SSSR count). The average Bonchev–Trinajstić information content (AvgIpc) is 3.98. The normalized spacial score (nSPS) is 14.9. The maximum absolute atomic E-state index is 12.9. The number of hydrogen-bond acceptors (Lipinski definition) is 7. The molecule has 11 nitrogen and oxygen atoms in total. The number of fused-ring (bicyclic) bond motifs is 2. The Morgan fingerprint density at radius 3 is 1.44 bits per heavy atom. The van der Waals surface area contributed by atoms with Gasteiger partial charge in [-0.25, -0.2) is 9.97 Å². The van der Waals surface area contributed by atoms with Crippen molar-refractivity contribution in [3.8, 4) is 11.1 Å². The standard InChI is InChI=1S/C25H24N4O.C23H29N5O/c30-25(22-10-11-23-24(16-22)27-18-26-23)29-14-12-28(13-15-29)17-19-6-8-21(9-7-19)20-4-2-1-3-5-20;1-3-27(4-2)20-8-5-18(6-9-20)16-26-11-13-28(14-12-26)23(29)19-7-10-21-22(15-19)25-17-24-21/h1-11,16,18H,12-15,17H2,(H,26,27);5-10,15,17H,3-4,11-14,16H2,1-2H3,(H,24,25). The fourth-order valence-electron chi connectivity index (χ4n) is 8.06. The summed E-state index contributed by atoms with van der Waals surface area (Å²) in [6.07, 6.45) is 3.32. The van der Waals surface area contributed by atoms with E-state index in [0.29, 0.717) is 11.1 Å². The van der Waals surface area contributed by atoms with Crippen LogP contribution < -0.4 is 4.90 Å². The monoisotopic (exact) mass is 787 g/mol. The van der Waals surface area contributed by atoms with Crippen LogP contribution in [-0.4, -0.2) is 117 Å². The number of benzene rings is 5. The van der Waals surface area contributed by atoms with Gasteiger partial charge < -0.3 is 24.7 Å². The van der Waals surface area contributed by atoms with Gasteiger partial charge in [0.2, 0.25) is 0 Å². The van der Waals surface area contributed by atoms with Crippen LogP contribution in [0, 0.1) is 0 Å². The summed E-state index contributed by atoms with van der Waals surface area (Å²) < 4.78 is 0. The minimum absolute atomic E-state index is 0.0896. The molecule has 0 spiro atoms. The fraction of sp³-hybridized carbons (Fsp3) is 0.292. The highest BCUT2D eigenvalue weighted by Gasteiger charge is 2.24. The third kappa shape index (κ3) is 9.54. The van der Waals surface area contributed by atoms with Gasteiger partial charge in [0.05, 0.1) is 34.7 Å². The summed E-state index contributed by atoms with van der Waals surface area (Å²) in [5.41, 5.74) is 11.4. The summed E-state index contributed by atoms with van der Waals surface area (Å²) in [6.45, 7) is 14.9. The third-order valence-corrected chi connectivity index (χ3v) is 11.6. The van der Waals surface area contributed by atoms with Crippen molar-refractivity contribution in [1.29, 1.82) is 0 Å². The molecule has 2 fully saturated rings. The van der Waals surface area contributed by atoms with Gasteiger partial charge in [0.15, 0.2) is 0 Å². The van der Waals surface area contributed by atoms with Gasteiger partial charge in [0, 0.05) is 95.4 Å². The largest absolute Gasteiger partial charge is 0.372 e. The SMILES string of the molecule is CCN(CC)c1ccc(CN2CCN(C(=O)c3ccc4[nH]cnc4c3)CC2)cc1.O=C(c1ccc2[nH]cnc2c1)N1CCN(Cc2ccc(-c3ccccc3)cc2)CC1. The Balaban J connectivity index is 0.000000164. The van der Waals surface area contributed by atoms with Crippen molar-refractivity contribution in [2.75, 3.05) is 70.3 Å². The lowest BCUT2D eigenvalue weighted by atomic mass is 10.0. The summed E-state index contributed by atoms with van der Waals surface area (Å²) in [5, 5.41) is 0. The van der Waals surface area contributed by atoms with E-state index in [1.165, 1.54) is 27.9 Å². The van der Waals surface area contributed by atoms with Crippen molar-refractivity contribution in [3.63, 3.8) is 0 Å². The first-order valence-electron chi connectivity index (χ1n) is 20.8. The molecular weight excluding hydrogens is 735 g/mol. The van der Waals surface area contributed by atoms with Crippen LogP contribution in [0.25, 0.3) is 33.2 Å². The van der Waals surface area contributed by atoms with Crippen LogP contribution in [0.2, 0.25) is 0 Å². The predicted molar refractivity (Wildman–Crippen MR) is 236 cm³/mol. The molecule has 2 saturated heterocycles. The van der Waals surface area contributed by atoms with Crippen LogP contribution in [0.3, 0.4) is 0 Å². The predicted octanol–water partition coefficient (Wildman–Crippen LogP) is 7.56. The van der Waals surface area contributed by atoms with Crippen LogP contribution in [0.4, 0.5) is 5.69 Å². The Morgan fingerprint density at radius 2 is 0.983 bits per heavy atom. The first kappa shape index (κ1) is 39.5. The van der Waals surface area contributed by atoms with E-state index in [4.69, 9.17) is 0 Å². The molecule has 7 aromatic rings. The smallest absolute Gasteiger partial charge is 0.254 e. The number of imidazole rings is 2. The lowest BCUT2D eigenvalue weighted by Gasteiger charge is -2.35. The number of H-pyrrole nitrogens is 2. The van der Waals surface area contributed by atoms with Crippen LogP contribution in [0.1, 0.15) is 45.7 Å². The molecule has 0 radical (unpaired) electrons. The van der Waals surface area contributed by atoms with E-state index in [1.54, 1.807) is 12.7 Å². The molecule has 0 aliphatic carbocycles. The van der Waals surface area contributed by atoms with Gasteiger partial charge in [-0.3, -0.25) is 19.4 Å². The molecule has 59 heavy (non-hydrogen) atoms. The Bertz CT molecular complexity index is 2440. The molecule has 0 saturated carbocycles. The Hall–Kier alpha value is -6.30. The molecule has 2 amide bonds. The highest BCUT2D eigenvalue weighted by Crippen LogP contribution is 2.22. The van der Waals surface area contributed by atoms with Crippen molar-refractivity contribution in [1.82, 2.24) is 39.5 Å². The maximum Gasteiger partial charge on any atom is 0.254 e. The zero-order chi connectivity index (χ0) is 40.6. The van der Waals surface area contributed by atoms with E-state index >= 15 is 0 Å².